The zero-order chi connectivity index (χ0) is 22.3. The number of amides is 1. The van der Waals surface area contributed by atoms with E-state index in [4.69, 9.17) is 5.73 Å². The number of nitrogens with two attached hydrogens (primary N) is 1. The van der Waals surface area contributed by atoms with E-state index >= 15 is 0 Å². The number of hydrogen-bond acceptors (Lipinski definition) is 7. The zero-order valence-corrected chi connectivity index (χ0v) is 17.7. The van der Waals surface area contributed by atoms with Crippen molar-refractivity contribution in [2.45, 2.75) is 31.7 Å². The Morgan fingerprint density at radius 3 is 2.88 bits per heavy atom. The number of aromatic hydroxyl groups is 1. The van der Waals surface area contributed by atoms with Crippen molar-refractivity contribution in [1.82, 2.24) is 20.3 Å². The van der Waals surface area contributed by atoms with Crippen molar-refractivity contribution in [2.24, 2.45) is 0 Å². The fourth-order valence-corrected chi connectivity index (χ4v) is 3.37. The summed E-state index contributed by atoms with van der Waals surface area (Å²) in [6.45, 7) is 0.477. The van der Waals surface area contributed by atoms with E-state index in [1.54, 1.807) is 30.6 Å². The van der Waals surface area contributed by atoms with Gasteiger partial charge in [0.05, 0.1) is 5.69 Å². The highest BCUT2D eigenvalue weighted by molar-refractivity contribution is 5.91. The Morgan fingerprint density at radius 1 is 1.22 bits per heavy atom. The summed E-state index contributed by atoms with van der Waals surface area (Å²) in [5.41, 5.74) is 9.02. The number of phenolic OH excluding ortho intramolecular Hbond substituents is 1. The number of carbonyl (C=O) groups excluding carboxylic acids is 1. The molecule has 2 heterocycles. The van der Waals surface area contributed by atoms with Crippen molar-refractivity contribution in [1.29, 1.82) is 0 Å². The molecule has 1 fully saturated rings. The van der Waals surface area contributed by atoms with E-state index in [0.29, 0.717) is 36.9 Å². The highest BCUT2D eigenvalue weighted by atomic mass is 16.3. The van der Waals surface area contributed by atoms with Crippen LogP contribution in [0.4, 0.5) is 11.8 Å². The number of pyridine rings is 1. The molecule has 0 bridgehead atoms. The Kier molecular flexibility index (Phi) is 6.60. The summed E-state index contributed by atoms with van der Waals surface area (Å²) in [4.78, 5) is 24.7. The van der Waals surface area contributed by atoms with Crippen molar-refractivity contribution in [3.05, 3.63) is 66.0 Å². The number of nitrogen functional groups attached to an aromatic ring is 1. The van der Waals surface area contributed by atoms with Gasteiger partial charge in [0.2, 0.25) is 11.9 Å². The molecular weight excluding hydrogens is 404 g/mol. The van der Waals surface area contributed by atoms with Crippen LogP contribution in [0, 0.1) is 0 Å². The lowest BCUT2D eigenvalue weighted by molar-refractivity contribution is -0.116. The maximum absolute atomic E-state index is 12.0. The summed E-state index contributed by atoms with van der Waals surface area (Å²) < 4.78 is 0. The van der Waals surface area contributed by atoms with Crippen LogP contribution in [0.5, 0.6) is 5.75 Å². The molecule has 5 N–H and O–H groups in total. The van der Waals surface area contributed by atoms with E-state index < -0.39 is 0 Å². The van der Waals surface area contributed by atoms with Gasteiger partial charge in [0, 0.05) is 48.2 Å². The lowest BCUT2D eigenvalue weighted by Gasteiger charge is -2.13. The summed E-state index contributed by atoms with van der Waals surface area (Å²) >= 11 is 0. The topological polar surface area (TPSA) is 126 Å². The molecule has 2 aromatic heterocycles. The fraction of sp³-hybridized carbons (Fsp3) is 0.250. The quantitative estimate of drug-likeness (QED) is 0.303. The molecule has 0 saturated heterocycles. The van der Waals surface area contributed by atoms with Crippen LogP contribution >= 0.6 is 0 Å². The summed E-state index contributed by atoms with van der Waals surface area (Å²) in [5.74, 6) is 0.898. The summed E-state index contributed by atoms with van der Waals surface area (Å²) in [6, 6.07) is 11.3. The minimum Gasteiger partial charge on any atom is -0.508 e. The molecule has 0 aliphatic heterocycles. The number of nitrogens with one attached hydrogen (secondary N) is 2. The Labute approximate surface area is 186 Å². The van der Waals surface area contributed by atoms with Gasteiger partial charge in [0.25, 0.3) is 0 Å². The lowest BCUT2D eigenvalue weighted by Crippen LogP contribution is -2.22. The van der Waals surface area contributed by atoms with E-state index in [-0.39, 0.29) is 17.6 Å². The van der Waals surface area contributed by atoms with Gasteiger partial charge in [0.1, 0.15) is 11.6 Å². The monoisotopic (exact) mass is 430 g/mol. The first-order valence-corrected chi connectivity index (χ1v) is 10.7. The Balaban J connectivity index is 1.39. The average molecular weight is 431 g/mol. The van der Waals surface area contributed by atoms with Crippen molar-refractivity contribution in [3.8, 4) is 17.0 Å². The summed E-state index contributed by atoms with van der Waals surface area (Å²) in [5, 5.41) is 16.7. The highest BCUT2D eigenvalue weighted by Gasteiger charge is 2.22. The maximum atomic E-state index is 12.0. The Bertz CT molecular complexity index is 1110. The number of carbonyl (C=O) groups is 1. The van der Waals surface area contributed by atoms with E-state index in [1.807, 2.05) is 24.3 Å². The number of hydrogen-bond donors (Lipinski definition) is 4. The third-order valence-electron chi connectivity index (χ3n) is 5.11. The van der Waals surface area contributed by atoms with E-state index in [2.05, 4.69) is 25.6 Å². The number of nitrogens with zero attached hydrogens (tertiary/aromatic N) is 3. The Hall–Kier alpha value is -3.94. The first-order chi connectivity index (χ1) is 15.6. The van der Waals surface area contributed by atoms with Crippen LogP contribution in [0.15, 0.2) is 54.9 Å². The fourth-order valence-electron chi connectivity index (χ4n) is 3.37. The van der Waals surface area contributed by atoms with Crippen molar-refractivity contribution in [2.75, 3.05) is 17.6 Å². The number of benzene rings is 1. The largest absolute Gasteiger partial charge is 0.508 e. The minimum absolute atomic E-state index is 0.175. The minimum atomic E-state index is -0.175. The van der Waals surface area contributed by atoms with E-state index in [9.17, 15) is 9.90 Å². The molecule has 0 unspecified atom stereocenters. The molecule has 8 nitrogen and oxygen atoms in total. The van der Waals surface area contributed by atoms with Gasteiger partial charge in [-0.05, 0) is 49.5 Å². The SMILES string of the molecule is Nc1nc(NC2CC2)cc(-c2cccc(O)c2CCCNC(=O)/C=C/c2cccnc2)n1. The Morgan fingerprint density at radius 2 is 2.09 bits per heavy atom. The molecule has 0 radical (unpaired) electrons. The standard InChI is InChI=1S/C24H26N6O2/c25-24-29-20(14-22(30-24)28-17-9-10-17)18-5-1-7-21(31)19(18)6-3-13-27-23(32)11-8-16-4-2-12-26-15-16/h1-2,4-5,7-8,11-12,14-15,17,31H,3,6,9-10,13H2,(H,27,32)(H3,25,28,29,30)/b11-8+. The zero-order valence-electron chi connectivity index (χ0n) is 17.7. The third-order valence-corrected chi connectivity index (χ3v) is 5.11. The molecular formula is C24H26N6O2. The van der Waals surface area contributed by atoms with E-state index in [1.165, 1.54) is 6.08 Å². The number of phenols is 1. The van der Waals surface area contributed by atoms with E-state index in [0.717, 1.165) is 29.5 Å². The molecule has 8 heteroatoms. The molecule has 1 amide bonds. The molecule has 3 aromatic rings. The van der Waals surface area contributed by atoms with Gasteiger partial charge in [-0.3, -0.25) is 9.78 Å². The lowest BCUT2D eigenvalue weighted by atomic mass is 9.99. The molecule has 0 atom stereocenters. The smallest absolute Gasteiger partial charge is 0.244 e. The van der Waals surface area contributed by atoms with Gasteiger partial charge in [-0.15, -0.1) is 0 Å². The van der Waals surface area contributed by atoms with Gasteiger partial charge in [-0.2, -0.15) is 4.98 Å². The number of rotatable bonds is 9. The van der Waals surface area contributed by atoms with Crippen LogP contribution in [-0.2, 0) is 11.2 Å². The van der Waals surface area contributed by atoms with Gasteiger partial charge in [-0.1, -0.05) is 18.2 Å². The predicted molar refractivity (Wildman–Crippen MR) is 125 cm³/mol. The first kappa shape index (κ1) is 21.3. The second-order valence-electron chi connectivity index (χ2n) is 7.73. The van der Waals surface area contributed by atoms with Gasteiger partial charge in [0.15, 0.2) is 0 Å². The van der Waals surface area contributed by atoms with Crippen LogP contribution in [0.2, 0.25) is 0 Å². The van der Waals surface area contributed by atoms with Crippen LogP contribution in [-0.4, -0.2) is 38.6 Å². The molecule has 164 valence electrons. The average Bonchev–Trinajstić information content (AvgIpc) is 3.60. The molecule has 1 saturated carbocycles. The molecule has 1 aromatic carbocycles. The number of aromatic nitrogens is 3. The van der Waals surface area contributed by atoms with Gasteiger partial charge in [-0.25, -0.2) is 4.98 Å². The van der Waals surface area contributed by atoms with Crippen LogP contribution < -0.4 is 16.4 Å². The second kappa shape index (κ2) is 9.91. The second-order valence-corrected chi connectivity index (χ2v) is 7.73. The first-order valence-electron chi connectivity index (χ1n) is 10.7. The van der Waals surface area contributed by atoms with Crippen LogP contribution in [0.3, 0.4) is 0 Å². The highest BCUT2D eigenvalue weighted by Crippen LogP contribution is 2.32. The summed E-state index contributed by atoms with van der Waals surface area (Å²) in [6.07, 6.45) is 10.1. The third kappa shape index (κ3) is 5.81. The van der Waals surface area contributed by atoms with Crippen LogP contribution in [0.1, 0.15) is 30.4 Å². The molecule has 4 rings (SSSR count). The molecule has 32 heavy (non-hydrogen) atoms. The van der Waals surface area contributed by atoms with Crippen molar-refractivity contribution >= 4 is 23.7 Å². The molecule has 1 aliphatic rings. The maximum Gasteiger partial charge on any atom is 0.244 e. The van der Waals surface area contributed by atoms with Gasteiger partial charge < -0.3 is 21.5 Å². The molecule has 0 spiro atoms. The molecule has 1 aliphatic carbocycles. The van der Waals surface area contributed by atoms with Crippen molar-refractivity contribution < 1.29 is 9.90 Å². The normalized spacial score (nSPS) is 13.2. The van der Waals surface area contributed by atoms with Crippen molar-refractivity contribution in [3.63, 3.8) is 0 Å². The predicted octanol–water partition coefficient (Wildman–Crippen LogP) is 3.16. The summed E-state index contributed by atoms with van der Waals surface area (Å²) in [7, 11) is 0. The number of anilines is 2. The van der Waals surface area contributed by atoms with Crippen LogP contribution in [0.25, 0.3) is 17.3 Å². The van der Waals surface area contributed by atoms with Gasteiger partial charge >= 0.3 is 0 Å².